The zero-order chi connectivity index (χ0) is 18.8. The van der Waals surface area contributed by atoms with Crippen LogP contribution in [-0.4, -0.2) is 24.9 Å². The lowest BCUT2D eigenvalue weighted by Crippen LogP contribution is -2.31. The minimum Gasteiger partial charge on any atom is -0.465 e. The Morgan fingerprint density at radius 1 is 1.19 bits per heavy atom. The fourth-order valence-electron chi connectivity index (χ4n) is 2.78. The zero-order valence-electron chi connectivity index (χ0n) is 13.6. The Morgan fingerprint density at radius 3 is 2.65 bits per heavy atom. The summed E-state index contributed by atoms with van der Waals surface area (Å²) in [5.74, 6) is -4.98. The minimum atomic E-state index is -1.10. The first-order valence-electron chi connectivity index (χ1n) is 7.67. The molecule has 0 fully saturated rings. The van der Waals surface area contributed by atoms with Crippen molar-refractivity contribution in [3.63, 3.8) is 0 Å². The summed E-state index contributed by atoms with van der Waals surface area (Å²) in [7, 11) is 1.06. The number of hydrogen-bond acceptors (Lipinski definition) is 4. The van der Waals surface area contributed by atoms with Crippen LogP contribution in [0.5, 0.6) is 0 Å². The third kappa shape index (κ3) is 3.26. The van der Waals surface area contributed by atoms with Crippen LogP contribution in [0.4, 0.5) is 20.2 Å². The van der Waals surface area contributed by atoms with Gasteiger partial charge < -0.3 is 15.4 Å². The Hall–Kier alpha value is -3.29. The van der Waals surface area contributed by atoms with Crippen LogP contribution in [0.25, 0.3) is 0 Å². The topological polar surface area (TPSA) is 84.5 Å². The van der Waals surface area contributed by atoms with Crippen LogP contribution < -0.4 is 10.6 Å². The van der Waals surface area contributed by atoms with Crippen LogP contribution in [0.3, 0.4) is 0 Å². The number of hydrogen-bond donors (Lipinski definition) is 2. The number of nitrogens with one attached hydrogen (secondary N) is 2. The molecule has 3 rings (SSSR count). The molecule has 0 bridgehead atoms. The van der Waals surface area contributed by atoms with Gasteiger partial charge >= 0.3 is 5.97 Å². The smallest absolute Gasteiger partial charge is 0.340 e. The van der Waals surface area contributed by atoms with E-state index in [2.05, 4.69) is 15.4 Å². The lowest BCUT2D eigenvalue weighted by atomic mass is 9.89. The maximum absolute atomic E-state index is 14.0. The van der Waals surface area contributed by atoms with E-state index in [4.69, 9.17) is 0 Å². The predicted octanol–water partition coefficient (Wildman–Crippen LogP) is 2.82. The summed E-state index contributed by atoms with van der Waals surface area (Å²) in [6, 6.07) is 8.11. The Bertz CT molecular complexity index is 914. The Balaban J connectivity index is 1.91. The van der Waals surface area contributed by atoms with Crippen molar-refractivity contribution < 1.29 is 27.9 Å². The minimum absolute atomic E-state index is 0.116. The lowest BCUT2D eigenvalue weighted by Gasteiger charge is -2.24. The summed E-state index contributed by atoms with van der Waals surface area (Å²) in [4.78, 5) is 35.9. The van der Waals surface area contributed by atoms with E-state index in [1.165, 1.54) is 0 Å². The molecule has 2 aromatic carbocycles. The second-order valence-corrected chi connectivity index (χ2v) is 5.68. The monoisotopic (exact) mass is 360 g/mol. The standard InChI is InChI=1S/C18H14F2N2O4/c1-26-18(25)11-6-15(13(20)8-12(11)19)22-17(24)10-7-16(23)21-14-5-3-2-4-9(10)14/h2-6,8,10H,7H2,1H3,(H,21,23)(H,22,24). The molecule has 0 saturated heterocycles. The molecular formula is C18H14F2N2O4. The van der Waals surface area contributed by atoms with Crippen molar-refractivity contribution in [3.05, 3.63) is 59.2 Å². The molecule has 0 radical (unpaired) electrons. The first kappa shape index (κ1) is 17.5. The molecule has 0 aromatic heterocycles. The molecule has 2 aromatic rings. The van der Waals surface area contributed by atoms with Gasteiger partial charge in [-0.05, 0) is 17.7 Å². The molecule has 6 nitrogen and oxygen atoms in total. The van der Waals surface area contributed by atoms with Crippen LogP contribution in [0.2, 0.25) is 0 Å². The molecular weight excluding hydrogens is 346 g/mol. The van der Waals surface area contributed by atoms with E-state index in [0.717, 1.165) is 13.2 Å². The molecule has 1 aliphatic rings. The molecule has 1 atom stereocenters. The predicted molar refractivity (Wildman–Crippen MR) is 88.8 cm³/mol. The van der Waals surface area contributed by atoms with Gasteiger partial charge in [-0.2, -0.15) is 0 Å². The summed E-state index contributed by atoms with van der Waals surface area (Å²) < 4.78 is 32.1. The number of esters is 1. The first-order chi connectivity index (χ1) is 12.4. The van der Waals surface area contributed by atoms with Gasteiger partial charge in [0.1, 0.15) is 11.6 Å². The number of benzene rings is 2. The van der Waals surface area contributed by atoms with E-state index in [0.29, 0.717) is 17.3 Å². The molecule has 1 aliphatic heterocycles. The maximum Gasteiger partial charge on any atom is 0.340 e. The maximum atomic E-state index is 14.0. The van der Waals surface area contributed by atoms with Crippen LogP contribution in [-0.2, 0) is 14.3 Å². The van der Waals surface area contributed by atoms with Crippen molar-refractivity contribution in [2.75, 3.05) is 17.7 Å². The fraction of sp³-hybridized carbons (Fsp3) is 0.167. The number of halogens is 2. The highest BCUT2D eigenvalue weighted by Gasteiger charge is 2.31. The Morgan fingerprint density at radius 2 is 1.92 bits per heavy atom. The van der Waals surface area contributed by atoms with Gasteiger partial charge in [0, 0.05) is 18.2 Å². The highest BCUT2D eigenvalue weighted by molar-refractivity contribution is 6.05. The largest absolute Gasteiger partial charge is 0.465 e. The van der Waals surface area contributed by atoms with Crippen molar-refractivity contribution in [1.29, 1.82) is 0 Å². The number of para-hydroxylation sites is 1. The number of carbonyl (C=O) groups excluding carboxylic acids is 3. The average Bonchev–Trinajstić information content (AvgIpc) is 2.62. The van der Waals surface area contributed by atoms with Crippen molar-refractivity contribution >= 4 is 29.2 Å². The number of rotatable bonds is 3. The number of ether oxygens (including phenoxy) is 1. The first-order valence-corrected chi connectivity index (χ1v) is 7.67. The van der Waals surface area contributed by atoms with Crippen LogP contribution in [0.15, 0.2) is 36.4 Å². The van der Waals surface area contributed by atoms with Gasteiger partial charge in [-0.3, -0.25) is 9.59 Å². The molecule has 2 N–H and O–H groups in total. The van der Waals surface area contributed by atoms with E-state index in [1.54, 1.807) is 24.3 Å². The van der Waals surface area contributed by atoms with Crippen LogP contribution in [0.1, 0.15) is 28.3 Å². The molecule has 134 valence electrons. The molecule has 0 saturated carbocycles. The second kappa shape index (κ2) is 6.91. The molecule has 0 spiro atoms. The van der Waals surface area contributed by atoms with E-state index in [1.807, 2.05) is 0 Å². The number of methoxy groups -OCH3 is 1. The van der Waals surface area contributed by atoms with Gasteiger partial charge in [-0.25, -0.2) is 13.6 Å². The normalized spacial score (nSPS) is 15.7. The number of anilines is 2. The lowest BCUT2D eigenvalue weighted by molar-refractivity contribution is -0.123. The van der Waals surface area contributed by atoms with Crippen LogP contribution >= 0.6 is 0 Å². The number of carbonyl (C=O) groups is 3. The van der Waals surface area contributed by atoms with Crippen molar-refractivity contribution in [2.45, 2.75) is 12.3 Å². The molecule has 1 unspecified atom stereocenters. The molecule has 8 heteroatoms. The molecule has 2 amide bonds. The third-order valence-corrected chi connectivity index (χ3v) is 4.04. The third-order valence-electron chi connectivity index (χ3n) is 4.04. The summed E-state index contributed by atoms with van der Waals surface area (Å²) in [5, 5.41) is 4.97. The second-order valence-electron chi connectivity index (χ2n) is 5.68. The molecule has 26 heavy (non-hydrogen) atoms. The van der Waals surface area contributed by atoms with Gasteiger partial charge in [0.25, 0.3) is 0 Å². The zero-order valence-corrected chi connectivity index (χ0v) is 13.6. The van der Waals surface area contributed by atoms with E-state index < -0.39 is 35.0 Å². The number of amides is 2. The van der Waals surface area contributed by atoms with E-state index in [-0.39, 0.29) is 18.0 Å². The summed E-state index contributed by atoms with van der Waals surface area (Å²) in [6.07, 6.45) is -0.116. The van der Waals surface area contributed by atoms with Gasteiger partial charge in [-0.15, -0.1) is 0 Å². The van der Waals surface area contributed by atoms with E-state index in [9.17, 15) is 23.2 Å². The van der Waals surface area contributed by atoms with Crippen LogP contribution in [0, 0.1) is 11.6 Å². The quantitative estimate of drug-likeness (QED) is 0.825. The highest BCUT2D eigenvalue weighted by atomic mass is 19.1. The SMILES string of the molecule is COC(=O)c1cc(NC(=O)C2CC(=O)Nc3ccccc32)c(F)cc1F. The van der Waals surface area contributed by atoms with Crippen molar-refractivity contribution in [2.24, 2.45) is 0 Å². The average molecular weight is 360 g/mol. The fourth-order valence-corrected chi connectivity index (χ4v) is 2.78. The highest BCUT2D eigenvalue weighted by Crippen LogP contribution is 2.33. The number of fused-ring (bicyclic) bond motifs is 1. The summed E-state index contributed by atoms with van der Waals surface area (Å²) in [5.41, 5.74) is 0.199. The van der Waals surface area contributed by atoms with Gasteiger partial charge in [-0.1, -0.05) is 18.2 Å². The molecule has 0 aliphatic carbocycles. The van der Waals surface area contributed by atoms with Gasteiger partial charge in [0.15, 0.2) is 0 Å². The van der Waals surface area contributed by atoms with Crippen molar-refractivity contribution in [1.82, 2.24) is 0 Å². The summed E-state index contributed by atoms with van der Waals surface area (Å²) in [6.45, 7) is 0. The Kier molecular flexibility index (Phi) is 4.66. The van der Waals surface area contributed by atoms with E-state index >= 15 is 0 Å². The van der Waals surface area contributed by atoms with Gasteiger partial charge in [0.05, 0.1) is 24.3 Å². The summed E-state index contributed by atoms with van der Waals surface area (Å²) >= 11 is 0. The Labute approximate surface area is 147 Å². The molecule has 1 heterocycles. The van der Waals surface area contributed by atoms with Gasteiger partial charge in [0.2, 0.25) is 11.8 Å². The van der Waals surface area contributed by atoms with Crippen molar-refractivity contribution in [3.8, 4) is 0 Å².